The number of nitrogens with one attached hydrogen (secondary N) is 2. The lowest BCUT2D eigenvalue weighted by Crippen LogP contribution is -2.50. The summed E-state index contributed by atoms with van der Waals surface area (Å²) in [7, 11) is 0. The molecule has 2 aromatic rings. The molecule has 31 heavy (non-hydrogen) atoms. The van der Waals surface area contributed by atoms with Crippen LogP contribution in [0.4, 0.5) is 0 Å². The average Bonchev–Trinajstić information content (AvgIpc) is 3.09. The molecule has 1 unspecified atom stereocenters. The second-order valence-electron chi connectivity index (χ2n) is 7.75. The van der Waals surface area contributed by atoms with Crippen molar-refractivity contribution in [2.45, 2.75) is 40.2 Å². The Morgan fingerprint density at radius 1 is 1.26 bits per heavy atom. The second-order valence-corrected chi connectivity index (χ2v) is 8.75. The summed E-state index contributed by atoms with van der Waals surface area (Å²) in [6.07, 6.45) is 0.928. The van der Waals surface area contributed by atoms with Crippen molar-refractivity contribution in [3.63, 3.8) is 0 Å². The van der Waals surface area contributed by atoms with E-state index in [0.717, 1.165) is 32.6 Å². The van der Waals surface area contributed by atoms with Gasteiger partial charge < -0.3 is 15.0 Å². The van der Waals surface area contributed by atoms with Crippen LogP contribution in [0.25, 0.3) is 10.2 Å². The number of hydrogen-bond acceptors (Lipinski definition) is 8. The number of rotatable bonds is 8. The molecule has 1 amide bonds. The summed E-state index contributed by atoms with van der Waals surface area (Å²) in [4.78, 5) is 49.8. The highest BCUT2D eigenvalue weighted by Gasteiger charge is 2.26. The molecule has 2 N–H and O–H groups in total. The molecule has 1 fully saturated rings. The average molecular weight is 450 g/mol. The van der Waals surface area contributed by atoms with Crippen LogP contribution in [0.5, 0.6) is 0 Å². The zero-order chi connectivity index (χ0) is 22.5. The minimum atomic E-state index is -0.420. The van der Waals surface area contributed by atoms with Crippen LogP contribution in [0, 0.1) is 6.92 Å². The number of ether oxygens (including phenoxy) is 1. The van der Waals surface area contributed by atoms with E-state index in [-0.39, 0.29) is 24.1 Å². The summed E-state index contributed by atoms with van der Waals surface area (Å²) in [6.45, 7) is 12.1. The monoisotopic (exact) mass is 449 g/mol. The van der Waals surface area contributed by atoms with Crippen molar-refractivity contribution in [2.75, 3.05) is 45.9 Å². The predicted octanol–water partition coefficient (Wildman–Crippen LogP) is 1.67. The summed E-state index contributed by atoms with van der Waals surface area (Å²) in [6, 6.07) is -0.0818. The molecule has 3 rings (SSSR count). The quantitative estimate of drug-likeness (QED) is 0.590. The van der Waals surface area contributed by atoms with Gasteiger partial charge in [-0.2, -0.15) is 0 Å². The number of fused-ring (bicyclic) bond motifs is 1. The minimum Gasteiger partial charge on any atom is -0.462 e. The normalized spacial score (nSPS) is 16.4. The number of amides is 1. The number of hydrogen-bond donors (Lipinski definition) is 2. The van der Waals surface area contributed by atoms with Crippen molar-refractivity contribution in [1.29, 1.82) is 0 Å². The van der Waals surface area contributed by atoms with Crippen molar-refractivity contribution in [3.8, 4) is 0 Å². The van der Waals surface area contributed by atoms with Crippen LogP contribution in [0.1, 0.15) is 54.3 Å². The smallest absolute Gasteiger partial charge is 0.348 e. The zero-order valence-corrected chi connectivity index (χ0v) is 19.4. The maximum absolute atomic E-state index is 12.7. The van der Waals surface area contributed by atoms with Gasteiger partial charge in [0.2, 0.25) is 5.91 Å². The first-order valence-electron chi connectivity index (χ1n) is 10.8. The molecule has 0 aromatic carbocycles. The first kappa shape index (κ1) is 23.4. The molecule has 0 saturated carbocycles. The van der Waals surface area contributed by atoms with Crippen LogP contribution >= 0.6 is 11.3 Å². The van der Waals surface area contributed by atoms with Gasteiger partial charge in [-0.25, -0.2) is 9.78 Å². The van der Waals surface area contributed by atoms with Crippen LogP contribution in [0.3, 0.4) is 0 Å². The first-order valence-corrected chi connectivity index (χ1v) is 11.6. The minimum absolute atomic E-state index is 0.0604. The molecule has 170 valence electrons. The van der Waals surface area contributed by atoms with E-state index < -0.39 is 5.97 Å². The second kappa shape index (κ2) is 10.3. The summed E-state index contributed by atoms with van der Waals surface area (Å²) >= 11 is 1.20. The van der Waals surface area contributed by atoms with E-state index in [9.17, 15) is 14.4 Å². The molecule has 9 nitrogen and oxygen atoms in total. The fraction of sp³-hybridized carbons (Fsp3) is 0.619. The van der Waals surface area contributed by atoms with Crippen LogP contribution < -0.4 is 10.9 Å². The zero-order valence-electron chi connectivity index (χ0n) is 18.6. The van der Waals surface area contributed by atoms with Crippen molar-refractivity contribution in [2.24, 2.45) is 0 Å². The first-order chi connectivity index (χ1) is 14.8. The molecule has 1 saturated heterocycles. The van der Waals surface area contributed by atoms with E-state index in [1.807, 2.05) is 13.8 Å². The Balaban J connectivity index is 1.70. The van der Waals surface area contributed by atoms with Crippen molar-refractivity contribution < 1.29 is 14.3 Å². The van der Waals surface area contributed by atoms with Gasteiger partial charge in [0.05, 0.1) is 24.6 Å². The van der Waals surface area contributed by atoms with E-state index in [4.69, 9.17) is 4.74 Å². The molecule has 1 aliphatic rings. The third-order valence-electron chi connectivity index (χ3n) is 5.57. The molecule has 0 bridgehead atoms. The lowest BCUT2D eigenvalue weighted by Gasteiger charge is -2.37. The fourth-order valence-electron chi connectivity index (χ4n) is 3.75. The van der Waals surface area contributed by atoms with Crippen LogP contribution in [-0.4, -0.2) is 77.5 Å². The topological polar surface area (TPSA) is 108 Å². The van der Waals surface area contributed by atoms with Gasteiger partial charge in [0.1, 0.15) is 15.5 Å². The number of carbonyl (C=O) groups is 2. The number of thiophene rings is 1. The number of nitrogens with zero attached hydrogens (tertiary/aromatic N) is 3. The van der Waals surface area contributed by atoms with Gasteiger partial charge in [-0.15, -0.1) is 11.3 Å². The van der Waals surface area contributed by atoms with Gasteiger partial charge in [-0.3, -0.25) is 19.4 Å². The molecule has 2 aromatic heterocycles. The number of aryl methyl sites for hydroxylation is 1. The largest absolute Gasteiger partial charge is 0.462 e. The summed E-state index contributed by atoms with van der Waals surface area (Å²) in [5.74, 6) is 0.227. The molecule has 10 heteroatoms. The molecule has 3 heterocycles. The highest BCUT2D eigenvalue weighted by molar-refractivity contribution is 7.20. The lowest BCUT2D eigenvalue weighted by atomic mass is 10.2. The van der Waals surface area contributed by atoms with Gasteiger partial charge in [0.25, 0.3) is 5.56 Å². The lowest BCUT2D eigenvalue weighted by molar-refractivity contribution is -0.122. The maximum atomic E-state index is 12.7. The SMILES string of the molecule is CCCNC(=O)CN1CCN(C(C)c2nc3sc(C(=O)OCC)c(C)c3c(=O)[nH]2)CC1. The summed E-state index contributed by atoms with van der Waals surface area (Å²) in [5.41, 5.74) is 0.378. The van der Waals surface area contributed by atoms with Crippen LogP contribution in [0.2, 0.25) is 0 Å². The molecular weight excluding hydrogens is 418 g/mol. The van der Waals surface area contributed by atoms with Crippen LogP contribution in [0.15, 0.2) is 4.79 Å². The Bertz CT molecular complexity index is 994. The molecule has 0 aliphatic carbocycles. The number of H-pyrrole nitrogens is 1. The molecule has 0 spiro atoms. The van der Waals surface area contributed by atoms with Crippen molar-refractivity contribution >= 4 is 33.4 Å². The van der Waals surface area contributed by atoms with Crippen LogP contribution in [-0.2, 0) is 9.53 Å². The summed E-state index contributed by atoms with van der Waals surface area (Å²) < 4.78 is 5.10. The van der Waals surface area contributed by atoms with Gasteiger partial charge in [0, 0.05) is 32.7 Å². The van der Waals surface area contributed by atoms with Gasteiger partial charge in [-0.1, -0.05) is 6.92 Å². The van der Waals surface area contributed by atoms with Crippen molar-refractivity contribution in [1.82, 2.24) is 25.1 Å². The van der Waals surface area contributed by atoms with E-state index in [0.29, 0.717) is 39.6 Å². The number of aromatic nitrogens is 2. The number of carbonyl (C=O) groups excluding carboxylic acids is 2. The number of aromatic amines is 1. The van der Waals surface area contributed by atoms with E-state index in [1.165, 1.54) is 11.3 Å². The standard InChI is InChI=1S/C21H31N5O4S/c1-5-7-22-15(27)12-25-8-10-26(11-9-25)14(4)18-23-19(28)16-13(3)17(21(29)30-6-2)31-20(16)24-18/h14H,5-12H2,1-4H3,(H,22,27)(H,23,24,28). The predicted molar refractivity (Wildman–Crippen MR) is 121 cm³/mol. The van der Waals surface area contributed by atoms with Gasteiger partial charge in [0.15, 0.2) is 0 Å². The molecular formula is C21H31N5O4S. The van der Waals surface area contributed by atoms with E-state index in [1.54, 1.807) is 13.8 Å². The van der Waals surface area contributed by atoms with Gasteiger partial charge in [-0.05, 0) is 32.8 Å². The van der Waals surface area contributed by atoms with Crippen molar-refractivity contribution in [3.05, 3.63) is 26.6 Å². The Kier molecular flexibility index (Phi) is 7.79. The maximum Gasteiger partial charge on any atom is 0.348 e. The highest BCUT2D eigenvalue weighted by Crippen LogP contribution is 2.29. The Morgan fingerprint density at radius 3 is 2.61 bits per heavy atom. The van der Waals surface area contributed by atoms with E-state index in [2.05, 4.69) is 25.1 Å². The van der Waals surface area contributed by atoms with E-state index >= 15 is 0 Å². The molecule has 1 atom stereocenters. The summed E-state index contributed by atoms with van der Waals surface area (Å²) in [5, 5.41) is 3.36. The van der Waals surface area contributed by atoms with Gasteiger partial charge >= 0.3 is 5.97 Å². The number of piperazine rings is 1. The fourth-order valence-corrected chi connectivity index (χ4v) is 4.84. The molecule has 0 radical (unpaired) electrons. The third-order valence-corrected chi connectivity index (χ3v) is 6.74. The Labute approximate surface area is 185 Å². The highest BCUT2D eigenvalue weighted by atomic mass is 32.1. The molecule has 1 aliphatic heterocycles. The Hall–Kier alpha value is -2.30. The Morgan fingerprint density at radius 2 is 1.97 bits per heavy atom. The third kappa shape index (κ3) is 5.31. The number of esters is 1.